The van der Waals surface area contributed by atoms with E-state index in [2.05, 4.69) is 19.1 Å². The summed E-state index contributed by atoms with van der Waals surface area (Å²) in [5.74, 6) is 0.554. The molecule has 1 N–H and O–H groups in total. The lowest BCUT2D eigenvalue weighted by Gasteiger charge is -2.10. The van der Waals surface area contributed by atoms with Crippen LogP contribution in [0.5, 0.6) is 0 Å². The van der Waals surface area contributed by atoms with Gasteiger partial charge in [0.25, 0.3) is 0 Å². The van der Waals surface area contributed by atoms with Crippen molar-refractivity contribution in [2.45, 2.75) is 45.1 Å². The number of aliphatic hydroxyl groups excluding tert-OH is 1. The van der Waals surface area contributed by atoms with Crippen molar-refractivity contribution in [3.05, 3.63) is 12.2 Å². The van der Waals surface area contributed by atoms with Crippen molar-refractivity contribution in [1.29, 1.82) is 0 Å². The van der Waals surface area contributed by atoms with Crippen molar-refractivity contribution < 1.29 is 5.11 Å². The van der Waals surface area contributed by atoms with Gasteiger partial charge in [-0.3, -0.25) is 0 Å². The van der Waals surface area contributed by atoms with Gasteiger partial charge in [0, 0.05) is 0 Å². The molecule has 11 heavy (non-hydrogen) atoms. The Balaban J connectivity index is 2.20. The summed E-state index contributed by atoms with van der Waals surface area (Å²) in [5.41, 5.74) is 0. The first-order valence-corrected chi connectivity index (χ1v) is 4.67. The molecule has 64 valence electrons. The minimum atomic E-state index is -0.0171. The van der Waals surface area contributed by atoms with E-state index in [9.17, 15) is 5.11 Å². The molecule has 1 saturated carbocycles. The minimum Gasteiger partial charge on any atom is -0.393 e. The Labute approximate surface area is 69.1 Å². The Morgan fingerprint density at radius 2 is 2.18 bits per heavy atom. The van der Waals surface area contributed by atoms with Crippen molar-refractivity contribution in [3.63, 3.8) is 0 Å². The molecule has 0 aliphatic heterocycles. The highest BCUT2D eigenvalue weighted by Gasteiger charge is 2.23. The van der Waals surface area contributed by atoms with E-state index in [4.69, 9.17) is 0 Å². The third-order valence-corrected chi connectivity index (χ3v) is 2.46. The Kier molecular flexibility index (Phi) is 3.64. The summed E-state index contributed by atoms with van der Waals surface area (Å²) < 4.78 is 0. The largest absolute Gasteiger partial charge is 0.393 e. The smallest absolute Gasteiger partial charge is 0.0571 e. The van der Waals surface area contributed by atoms with Gasteiger partial charge in [-0.05, 0) is 31.6 Å². The lowest BCUT2D eigenvalue weighted by atomic mass is 10.0. The van der Waals surface area contributed by atoms with E-state index in [1.54, 1.807) is 0 Å². The molecule has 2 atom stereocenters. The van der Waals surface area contributed by atoms with Crippen molar-refractivity contribution in [2.75, 3.05) is 0 Å². The number of hydrogen-bond donors (Lipinski definition) is 1. The lowest BCUT2D eigenvalue weighted by Crippen LogP contribution is -2.11. The summed E-state index contributed by atoms with van der Waals surface area (Å²) in [6.07, 6.45) is 10.0. The highest BCUT2D eigenvalue weighted by atomic mass is 16.3. The van der Waals surface area contributed by atoms with Crippen LogP contribution in [-0.2, 0) is 0 Å². The van der Waals surface area contributed by atoms with Crippen molar-refractivity contribution in [2.24, 2.45) is 5.92 Å². The van der Waals surface area contributed by atoms with Gasteiger partial charge in [0.1, 0.15) is 0 Å². The molecular formula is C10H18O. The van der Waals surface area contributed by atoms with E-state index < -0.39 is 0 Å². The van der Waals surface area contributed by atoms with Crippen LogP contribution in [0.3, 0.4) is 0 Å². The summed E-state index contributed by atoms with van der Waals surface area (Å²) >= 11 is 0. The van der Waals surface area contributed by atoms with Crippen LogP contribution in [0.25, 0.3) is 0 Å². The fourth-order valence-electron chi connectivity index (χ4n) is 1.73. The molecule has 1 rings (SSSR count). The average molecular weight is 154 g/mol. The predicted molar refractivity (Wildman–Crippen MR) is 47.4 cm³/mol. The highest BCUT2D eigenvalue weighted by Crippen LogP contribution is 2.28. The van der Waals surface area contributed by atoms with E-state index in [1.165, 1.54) is 12.8 Å². The zero-order valence-corrected chi connectivity index (χ0v) is 7.29. The molecule has 1 heteroatoms. The highest BCUT2D eigenvalue weighted by molar-refractivity contribution is 4.87. The molecule has 0 aromatic carbocycles. The molecule has 0 aromatic heterocycles. The Hall–Kier alpha value is -0.300. The molecular weight excluding hydrogens is 136 g/mol. The Bertz CT molecular complexity index is 129. The van der Waals surface area contributed by atoms with Crippen LogP contribution >= 0.6 is 0 Å². The first-order chi connectivity index (χ1) is 5.34. The predicted octanol–water partition coefficient (Wildman–Crippen LogP) is 2.50. The Morgan fingerprint density at radius 3 is 2.73 bits per heavy atom. The van der Waals surface area contributed by atoms with Gasteiger partial charge in [0.15, 0.2) is 0 Å². The average Bonchev–Trinajstić information content (AvgIpc) is 2.37. The van der Waals surface area contributed by atoms with E-state index in [-0.39, 0.29) is 6.10 Å². The second kappa shape index (κ2) is 4.55. The molecule has 0 heterocycles. The third-order valence-electron chi connectivity index (χ3n) is 2.46. The monoisotopic (exact) mass is 154 g/mol. The standard InChI is InChI=1S/C10H18O/c1-2-3-4-6-9-7-5-8-10(9)11/h3-4,9-11H,2,5-8H2,1H3. The van der Waals surface area contributed by atoms with Crippen LogP contribution in [0.15, 0.2) is 12.2 Å². The summed E-state index contributed by atoms with van der Waals surface area (Å²) in [4.78, 5) is 0. The topological polar surface area (TPSA) is 20.2 Å². The van der Waals surface area contributed by atoms with E-state index >= 15 is 0 Å². The molecule has 0 bridgehead atoms. The van der Waals surface area contributed by atoms with Gasteiger partial charge < -0.3 is 5.11 Å². The lowest BCUT2D eigenvalue weighted by molar-refractivity contribution is 0.134. The molecule has 0 saturated heterocycles. The van der Waals surface area contributed by atoms with Crippen molar-refractivity contribution in [1.82, 2.24) is 0 Å². The normalized spacial score (nSPS) is 31.8. The maximum atomic E-state index is 9.45. The molecule has 1 nitrogen and oxygen atoms in total. The summed E-state index contributed by atoms with van der Waals surface area (Å²) in [6, 6.07) is 0. The van der Waals surface area contributed by atoms with Gasteiger partial charge in [-0.15, -0.1) is 0 Å². The number of aliphatic hydroxyl groups is 1. The third kappa shape index (κ3) is 2.66. The van der Waals surface area contributed by atoms with E-state index in [0.29, 0.717) is 5.92 Å². The van der Waals surface area contributed by atoms with Gasteiger partial charge >= 0.3 is 0 Å². The zero-order chi connectivity index (χ0) is 8.10. The van der Waals surface area contributed by atoms with Crippen LogP contribution in [0.2, 0.25) is 0 Å². The molecule has 0 radical (unpaired) electrons. The van der Waals surface area contributed by atoms with Crippen LogP contribution in [0.1, 0.15) is 39.0 Å². The van der Waals surface area contributed by atoms with E-state index in [0.717, 1.165) is 19.3 Å². The van der Waals surface area contributed by atoms with Crippen LogP contribution in [0.4, 0.5) is 0 Å². The van der Waals surface area contributed by atoms with Crippen LogP contribution in [0, 0.1) is 5.92 Å². The number of allylic oxidation sites excluding steroid dienone is 2. The molecule has 1 aliphatic rings. The van der Waals surface area contributed by atoms with Crippen LogP contribution in [-0.4, -0.2) is 11.2 Å². The molecule has 0 aromatic rings. The Morgan fingerprint density at radius 1 is 1.36 bits per heavy atom. The molecule has 2 unspecified atom stereocenters. The van der Waals surface area contributed by atoms with E-state index in [1.807, 2.05) is 0 Å². The minimum absolute atomic E-state index is 0.0171. The van der Waals surface area contributed by atoms with Crippen molar-refractivity contribution >= 4 is 0 Å². The van der Waals surface area contributed by atoms with Gasteiger partial charge in [-0.2, -0.15) is 0 Å². The van der Waals surface area contributed by atoms with Crippen molar-refractivity contribution in [3.8, 4) is 0 Å². The summed E-state index contributed by atoms with van der Waals surface area (Å²) in [5, 5.41) is 9.45. The molecule has 1 aliphatic carbocycles. The second-order valence-electron chi connectivity index (χ2n) is 3.37. The molecule has 0 spiro atoms. The van der Waals surface area contributed by atoms with Crippen LogP contribution < -0.4 is 0 Å². The quantitative estimate of drug-likeness (QED) is 0.619. The number of hydrogen-bond acceptors (Lipinski definition) is 1. The maximum Gasteiger partial charge on any atom is 0.0571 e. The van der Waals surface area contributed by atoms with Gasteiger partial charge in [0.2, 0.25) is 0 Å². The summed E-state index contributed by atoms with van der Waals surface area (Å²) in [7, 11) is 0. The maximum absolute atomic E-state index is 9.45. The molecule has 0 amide bonds. The fraction of sp³-hybridized carbons (Fsp3) is 0.800. The zero-order valence-electron chi connectivity index (χ0n) is 7.29. The van der Waals surface area contributed by atoms with Gasteiger partial charge in [-0.25, -0.2) is 0 Å². The fourth-order valence-corrected chi connectivity index (χ4v) is 1.73. The summed E-state index contributed by atoms with van der Waals surface area (Å²) in [6.45, 7) is 2.14. The van der Waals surface area contributed by atoms with Gasteiger partial charge in [0.05, 0.1) is 6.10 Å². The number of rotatable bonds is 3. The first kappa shape index (κ1) is 8.79. The first-order valence-electron chi connectivity index (χ1n) is 4.67. The van der Waals surface area contributed by atoms with Gasteiger partial charge in [-0.1, -0.05) is 25.5 Å². The second-order valence-corrected chi connectivity index (χ2v) is 3.37. The SMILES string of the molecule is CCC=CCC1CCCC1O. The molecule has 1 fully saturated rings.